The lowest BCUT2D eigenvalue weighted by Gasteiger charge is -2.28. The molecule has 6 N–H and O–H groups in total. The van der Waals surface area contributed by atoms with Gasteiger partial charge in [-0.25, -0.2) is 0 Å². The second kappa shape index (κ2) is 30.7. The van der Waals surface area contributed by atoms with E-state index in [1.54, 1.807) is 21.3 Å². The third-order valence-corrected chi connectivity index (χ3v) is 13.3. The summed E-state index contributed by atoms with van der Waals surface area (Å²) in [5.41, 5.74) is 16.2. The monoisotopic (exact) mass is 591 g/mol. The van der Waals surface area contributed by atoms with E-state index in [2.05, 4.69) is 0 Å². The summed E-state index contributed by atoms with van der Waals surface area (Å²) in [5, 5.41) is 0. The van der Waals surface area contributed by atoms with E-state index in [1.807, 2.05) is 34.6 Å². The molecule has 0 aromatic carbocycles. The number of rotatable bonds is 23. The van der Waals surface area contributed by atoms with Crippen LogP contribution in [0.5, 0.6) is 0 Å². The normalized spacial score (nSPS) is 11.7. The van der Waals surface area contributed by atoms with Gasteiger partial charge in [-0.15, -0.1) is 0 Å². The molecule has 0 aliphatic heterocycles. The minimum Gasteiger partial charge on any atom is -0.397 e. The maximum atomic E-state index is 5.65. The molecule has 0 amide bonds. The first kappa shape index (κ1) is 41.7. The van der Waals surface area contributed by atoms with Crippen LogP contribution in [0.4, 0.5) is 0 Å². The average Bonchev–Trinajstić information content (AvgIpc) is 2.90. The van der Waals surface area contributed by atoms with Gasteiger partial charge in [-0.05, 0) is 79.6 Å². The van der Waals surface area contributed by atoms with Crippen molar-refractivity contribution in [2.24, 2.45) is 17.2 Å². The van der Waals surface area contributed by atoms with Gasteiger partial charge in [-0.3, -0.25) is 0 Å². The lowest BCUT2D eigenvalue weighted by Crippen LogP contribution is -2.46. The second-order valence-corrected chi connectivity index (χ2v) is 15.6. The van der Waals surface area contributed by atoms with Gasteiger partial charge in [0, 0.05) is 66.5 Å². The third-order valence-electron chi connectivity index (χ3n) is 5.00. The van der Waals surface area contributed by atoms with E-state index < -0.39 is 26.9 Å². The molecule has 0 aliphatic rings. The fraction of sp³-hybridized carbons (Fsp3) is 1.00. The largest absolute Gasteiger partial charge is 0.500 e. The van der Waals surface area contributed by atoms with E-state index in [4.69, 9.17) is 52.6 Å². The van der Waals surface area contributed by atoms with E-state index >= 15 is 0 Å². The Labute approximate surface area is 231 Å². The fourth-order valence-electron chi connectivity index (χ4n) is 3.24. The van der Waals surface area contributed by atoms with Crippen LogP contribution in [0.15, 0.2) is 0 Å². The molecule has 0 aliphatic carbocycles. The van der Waals surface area contributed by atoms with Gasteiger partial charge in [0.1, 0.15) is 0 Å². The first-order chi connectivity index (χ1) is 17.8. The van der Waals surface area contributed by atoms with Crippen LogP contribution in [0.3, 0.4) is 0 Å². The Morgan fingerprint density at radius 1 is 0.514 bits per heavy atom. The molecule has 0 heterocycles. The highest BCUT2D eigenvalue weighted by atomic mass is 28.4. The summed E-state index contributed by atoms with van der Waals surface area (Å²) >= 11 is 0. The number of nitrogens with two attached hydrogens (primary N) is 3. The van der Waals surface area contributed by atoms with Crippen molar-refractivity contribution in [3.63, 3.8) is 0 Å². The molecule has 0 bridgehead atoms. The minimum absolute atomic E-state index is 0.636. The molecule has 37 heavy (non-hydrogen) atoms. The maximum absolute atomic E-state index is 5.65. The molecule has 0 spiro atoms. The highest BCUT2D eigenvalue weighted by Crippen LogP contribution is 2.17. The van der Waals surface area contributed by atoms with Crippen molar-refractivity contribution < 1.29 is 35.4 Å². The zero-order chi connectivity index (χ0) is 28.8. The zero-order valence-electron chi connectivity index (χ0n) is 25.2. The van der Waals surface area contributed by atoms with Gasteiger partial charge in [0.25, 0.3) is 0 Å². The van der Waals surface area contributed by atoms with Crippen molar-refractivity contribution in [3.05, 3.63) is 0 Å². The quantitative estimate of drug-likeness (QED) is 0.119. The van der Waals surface area contributed by atoms with E-state index in [0.29, 0.717) is 32.9 Å². The molecule has 0 aromatic rings. The van der Waals surface area contributed by atoms with Crippen LogP contribution in [-0.4, -0.2) is 101 Å². The van der Waals surface area contributed by atoms with Crippen LogP contribution in [0.25, 0.3) is 0 Å². The molecule has 0 saturated heterocycles. The van der Waals surface area contributed by atoms with Gasteiger partial charge >= 0.3 is 26.9 Å². The molecule has 228 valence electrons. The van der Waals surface area contributed by atoms with E-state index in [-0.39, 0.29) is 0 Å². The summed E-state index contributed by atoms with van der Waals surface area (Å²) in [6, 6.07) is 2.70. The number of unbranched alkanes of at least 4 members (excludes halogenated alkanes) is 1. The van der Waals surface area contributed by atoms with Gasteiger partial charge in [0.2, 0.25) is 0 Å². The Balaban J connectivity index is -0.000000473. The summed E-state index contributed by atoms with van der Waals surface area (Å²) in [7, 11) is -1.22. The molecule has 11 nitrogen and oxygen atoms in total. The molecule has 14 heteroatoms. The summed E-state index contributed by atoms with van der Waals surface area (Å²) in [6.45, 7) is 15.5. The van der Waals surface area contributed by atoms with Crippen molar-refractivity contribution in [3.8, 4) is 0 Å². The highest BCUT2D eigenvalue weighted by molar-refractivity contribution is 6.61. The van der Waals surface area contributed by atoms with Crippen molar-refractivity contribution >= 4 is 26.9 Å². The summed E-state index contributed by atoms with van der Waals surface area (Å²) in [6.07, 6.45) is 4.00. The smallest absolute Gasteiger partial charge is 0.397 e. The Hall–Kier alpha value is 0.211. The Morgan fingerprint density at radius 3 is 1.19 bits per heavy atom. The van der Waals surface area contributed by atoms with Gasteiger partial charge in [-0.1, -0.05) is 6.42 Å². The number of hydrogen-bond acceptors (Lipinski definition) is 11. The van der Waals surface area contributed by atoms with Crippen LogP contribution >= 0.6 is 0 Å². The molecule has 0 atom stereocenters. The van der Waals surface area contributed by atoms with Gasteiger partial charge in [-0.2, -0.15) is 0 Å². The Morgan fingerprint density at radius 2 is 0.892 bits per heavy atom. The maximum Gasteiger partial charge on any atom is 0.500 e. The zero-order valence-corrected chi connectivity index (χ0v) is 28.3. The molecule has 0 radical (unpaired) electrons. The minimum atomic E-state index is -2.40. The molecule has 0 unspecified atom stereocenters. The predicted octanol–water partition coefficient (Wildman–Crippen LogP) is 2.62. The first-order valence-electron chi connectivity index (χ1n) is 13.7. The third kappa shape index (κ3) is 23.8. The SMILES string of the molecule is CCO[SiH](CCCCN)OCC.CCO[Si](CCCN)(OCC)OCC.CO[Si](CCCN)(OC)OC. The Kier molecular flexibility index (Phi) is 34.6. The highest BCUT2D eigenvalue weighted by Gasteiger charge is 2.39. The molecule has 0 saturated carbocycles. The van der Waals surface area contributed by atoms with Crippen LogP contribution in [0.1, 0.15) is 60.3 Å². The summed E-state index contributed by atoms with van der Waals surface area (Å²) < 4.78 is 43.5. The van der Waals surface area contributed by atoms with Crippen LogP contribution in [0, 0.1) is 0 Å². The van der Waals surface area contributed by atoms with E-state index in [9.17, 15) is 0 Å². The molecular weight excluding hydrogens is 531 g/mol. The van der Waals surface area contributed by atoms with Crippen LogP contribution < -0.4 is 17.2 Å². The van der Waals surface area contributed by atoms with Crippen molar-refractivity contribution in [1.82, 2.24) is 0 Å². The van der Waals surface area contributed by atoms with Crippen LogP contribution in [0.2, 0.25) is 18.1 Å². The van der Waals surface area contributed by atoms with Crippen molar-refractivity contribution in [1.29, 1.82) is 0 Å². The first-order valence-corrected chi connectivity index (χ1v) is 19.4. The topological polar surface area (TPSA) is 152 Å². The van der Waals surface area contributed by atoms with E-state index in [1.165, 1.54) is 0 Å². The molecule has 0 aromatic heterocycles. The van der Waals surface area contributed by atoms with Crippen molar-refractivity contribution in [2.75, 3.05) is 74.0 Å². The summed E-state index contributed by atoms with van der Waals surface area (Å²) in [4.78, 5) is 0. The van der Waals surface area contributed by atoms with Crippen LogP contribution in [-0.2, 0) is 35.4 Å². The van der Waals surface area contributed by atoms with E-state index in [0.717, 1.165) is 63.6 Å². The van der Waals surface area contributed by atoms with Gasteiger partial charge < -0.3 is 52.6 Å². The molecule has 0 fully saturated rings. The molecular formula is C23H61N3O8Si3. The fourth-order valence-corrected chi connectivity index (χ4v) is 9.42. The lowest BCUT2D eigenvalue weighted by molar-refractivity contribution is 0.0709. The van der Waals surface area contributed by atoms with Crippen molar-refractivity contribution in [2.45, 2.75) is 78.4 Å². The standard InChI is InChI=1S/C9H23NO3Si.C8H21NO2Si.C6H17NO3Si/c1-4-11-14(12-5-2,13-6-3)9-7-8-10;1-3-10-12(11-4-2)8-6-5-7-9;1-8-11(9-2,10-3)6-4-5-7/h4-10H2,1-3H3;12H,3-9H2,1-2H3;4-7H2,1-3H3. The lowest BCUT2D eigenvalue weighted by atomic mass is 10.3. The summed E-state index contributed by atoms with van der Waals surface area (Å²) in [5.74, 6) is 0. The Bertz CT molecular complexity index is 415. The second-order valence-electron chi connectivity index (χ2n) is 7.69. The van der Waals surface area contributed by atoms with Gasteiger partial charge in [0.05, 0.1) is 0 Å². The van der Waals surface area contributed by atoms with Gasteiger partial charge in [0.15, 0.2) is 0 Å². The predicted molar refractivity (Wildman–Crippen MR) is 158 cm³/mol. The average molecular weight is 592 g/mol. The number of hydrogen-bond donors (Lipinski definition) is 3. The molecule has 0 rings (SSSR count).